The van der Waals surface area contributed by atoms with Gasteiger partial charge < -0.3 is 20.5 Å². The van der Waals surface area contributed by atoms with E-state index in [4.69, 9.17) is 4.74 Å². The zero-order valence-corrected chi connectivity index (χ0v) is 16.7. The van der Waals surface area contributed by atoms with E-state index in [2.05, 4.69) is 22.8 Å². The molecule has 6 heteroatoms. The Labute approximate surface area is 171 Å². The summed E-state index contributed by atoms with van der Waals surface area (Å²) in [6, 6.07) is 6.50. The first-order chi connectivity index (χ1) is 14.1. The van der Waals surface area contributed by atoms with Crippen molar-refractivity contribution in [2.24, 2.45) is 11.8 Å². The van der Waals surface area contributed by atoms with Gasteiger partial charge in [0, 0.05) is 30.1 Å². The summed E-state index contributed by atoms with van der Waals surface area (Å²) in [5, 5.41) is 16.4. The highest BCUT2D eigenvalue weighted by Crippen LogP contribution is 2.44. The van der Waals surface area contributed by atoms with Gasteiger partial charge in [0.25, 0.3) is 5.91 Å². The van der Waals surface area contributed by atoms with Gasteiger partial charge in [-0.1, -0.05) is 18.6 Å². The van der Waals surface area contributed by atoms with Crippen LogP contribution < -0.4 is 10.6 Å². The highest BCUT2D eigenvalue weighted by molar-refractivity contribution is 6.36. The number of anilines is 1. The van der Waals surface area contributed by atoms with E-state index in [1.807, 2.05) is 6.07 Å². The molecule has 2 aliphatic heterocycles. The molecule has 1 aromatic rings. The number of Topliss-reactive ketones (excluding diaryl/α,β-unsaturated/α-hetero) is 1. The molecule has 5 rings (SSSR count). The second-order valence-corrected chi connectivity index (χ2v) is 9.33. The maximum absolute atomic E-state index is 12.3. The molecule has 2 saturated carbocycles. The maximum atomic E-state index is 12.3. The van der Waals surface area contributed by atoms with E-state index in [1.165, 1.54) is 19.3 Å². The van der Waals surface area contributed by atoms with Gasteiger partial charge in [-0.2, -0.15) is 0 Å². The molecule has 6 nitrogen and oxygen atoms in total. The summed E-state index contributed by atoms with van der Waals surface area (Å²) in [4.78, 5) is 24.5. The molecule has 4 bridgehead atoms. The van der Waals surface area contributed by atoms with E-state index in [0.29, 0.717) is 18.9 Å². The fourth-order valence-corrected chi connectivity index (χ4v) is 5.76. The van der Waals surface area contributed by atoms with Crippen LogP contribution in [-0.4, -0.2) is 41.6 Å². The van der Waals surface area contributed by atoms with Gasteiger partial charge in [0.15, 0.2) is 0 Å². The van der Waals surface area contributed by atoms with E-state index in [9.17, 15) is 14.7 Å². The van der Waals surface area contributed by atoms with Crippen LogP contribution in [-0.2, 0) is 20.7 Å². The number of nitrogens with one attached hydrogen (secondary N) is 2. The Morgan fingerprint density at radius 3 is 2.90 bits per heavy atom. The van der Waals surface area contributed by atoms with Crippen LogP contribution in [0.2, 0.25) is 0 Å². The van der Waals surface area contributed by atoms with Crippen molar-refractivity contribution >= 4 is 17.4 Å². The molecule has 3 fully saturated rings. The molecule has 0 aromatic heterocycles. The van der Waals surface area contributed by atoms with Crippen molar-refractivity contribution in [2.75, 3.05) is 11.9 Å². The molecule has 3 N–H and O–H groups in total. The number of aliphatic hydroxyl groups excluding tert-OH is 1. The molecular weight excluding hydrogens is 368 g/mol. The number of benzene rings is 1. The Balaban J connectivity index is 1.12. The minimum atomic E-state index is -0.462. The minimum absolute atomic E-state index is 0.0220. The Hall–Kier alpha value is -1.92. The molecule has 29 heavy (non-hydrogen) atoms. The Kier molecular flexibility index (Phi) is 5.08. The van der Waals surface area contributed by atoms with Crippen molar-refractivity contribution in [1.29, 1.82) is 0 Å². The van der Waals surface area contributed by atoms with E-state index < -0.39 is 12.0 Å². The van der Waals surface area contributed by atoms with Crippen LogP contribution in [0.5, 0.6) is 0 Å². The van der Waals surface area contributed by atoms with Crippen LogP contribution in [0.1, 0.15) is 62.2 Å². The van der Waals surface area contributed by atoms with Crippen LogP contribution in [0, 0.1) is 11.8 Å². The fourth-order valence-electron chi connectivity index (χ4n) is 5.76. The normalized spacial score (nSPS) is 34.4. The average molecular weight is 399 g/mol. The first-order valence-corrected chi connectivity index (χ1v) is 11.1. The van der Waals surface area contributed by atoms with Crippen molar-refractivity contribution in [3.05, 3.63) is 29.3 Å². The molecule has 6 atom stereocenters. The molecule has 2 aliphatic carbocycles. The van der Waals surface area contributed by atoms with Gasteiger partial charge in [0.1, 0.15) is 0 Å². The summed E-state index contributed by atoms with van der Waals surface area (Å²) in [6.07, 6.45) is 6.81. The van der Waals surface area contributed by atoms with Gasteiger partial charge in [0.2, 0.25) is 5.78 Å². The van der Waals surface area contributed by atoms with E-state index in [0.717, 1.165) is 42.0 Å². The molecule has 4 aliphatic rings. The van der Waals surface area contributed by atoms with Crippen LogP contribution >= 0.6 is 0 Å². The van der Waals surface area contributed by atoms with Gasteiger partial charge in [0.05, 0.1) is 24.9 Å². The lowest BCUT2D eigenvalue weighted by Gasteiger charge is -2.40. The van der Waals surface area contributed by atoms with Gasteiger partial charge in [-0.05, 0) is 55.6 Å². The van der Waals surface area contributed by atoms with Crippen molar-refractivity contribution < 1.29 is 19.4 Å². The largest absolute Gasteiger partial charge is 0.389 e. The Bertz CT molecular complexity index is 810. The molecule has 0 unspecified atom stereocenters. The van der Waals surface area contributed by atoms with Crippen LogP contribution in [0.4, 0.5) is 5.69 Å². The predicted octanol–water partition coefficient (Wildman–Crippen LogP) is 2.50. The number of aliphatic hydroxyl groups is 1. The van der Waals surface area contributed by atoms with Gasteiger partial charge in [-0.3, -0.25) is 9.59 Å². The molecule has 0 spiro atoms. The number of hydrogen-bond acceptors (Lipinski definition) is 5. The summed E-state index contributed by atoms with van der Waals surface area (Å²) in [5.74, 6) is 0.659. The Morgan fingerprint density at radius 1 is 1.21 bits per heavy atom. The standard InChI is InChI=1S/C23H30N2O4/c26-20(23(28)25-18-10-14-4-6-15(18)8-14)3-1-2-13-5-7-17-16(9-13)22-11-19(24-17)21(27)12-29-22/h5,7,9,14-15,18-19,21-22,24,27H,1-4,6,8,10-12H2,(H,25,28)/t14-,15+,18+,19+,21+,22+/m0/s1. The van der Waals surface area contributed by atoms with Crippen molar-refractivity contribution in [2.45, 2.75) is 75.7 Å². The Morgan fingerprint density at radius 2 is 2.10 bits per heavy atom. The van der Waals surface area contributed by atoms with Crippen molar-refractivity contribution in [3.8, 4) is 0 Å². The number of amides is 1. The zero-order valence-electron chi connectivity index (χ0n) is 16.7. The molecule has 156 valence electrons. The van der Waals surface area contributed by atoms with Gasteiger partial charge in [-0.25, -0.2) is 0 Å². The second-order valence-electron chi connectivity index (χ2n) is 9.33. The minimum Gasteiger partial charge on any atom is -0.389 e. The third-order valence-electron chi connectivity index (χ3n) is 7.38. The summed E-state index contributed by atoms with van der Waals surface area (Å²) >= 11 is 0. The molecular formula is C23H30N2O4. The first-order valence-electron chi connectivity index (χ1n) is 11.1. The summed E-state index contributed by atoms with van der Waals surface area (Å²) in [7, 11) is 0. The molecule has 1 aromatic carbocycles. The number of ketones is 1. The monoisotopic (exact) mass is 398 g/mol. The fraction of sp³-hybridized carbons (Fsp3) is 0.652. The second kappa shape index (κ2) is 7.73. The zero-order chi connectivity index (χ0) is 20.0. The molecule has 0 radical (unpaired) electrons. The number of aryl methyl sites for hydroxylation is 1. The first kappa shape index (κ1) is 19.1. The number of rotatable bonds is 6. The third-order valence-corrected chi connectivity index (χ3v) is 7.38. The summed E-state index contributed by atoms with van der Waals surface area (Å²) < 4.78 is 5.80. The van der Waals surface area contributed by atoms with Crippen LogP contribution in [0.15, 0.2) is 18.2 Å². The van der Waals surface area contributed by atoms with Crippen molar-refractivity contribution in [3.63, 3.8) is 0 Å². The van der Waals surface area contributed by atoms with E-state index in [-0.39, 0.29) is 30.4 Å². The maximum Gasteiger partial charge on any atom is 0.287 e. The number of hydrogen-bond donors (Lipinski definition) is 3. The van der Waals surface area contributed by atoms with Crippen LogP contribution in [0.3, 0.4) is 0 Å². The van der Waals surface area contributed by atoms with Crippen LogP contribution in [0.25, 0.3) is 0 Å². The number of carbonyl (C=O) groups is 2. The van der Waals surface area contributed by atoms with Gasteiger partial charge >= 0.3 is 0 Å². The molecule has 1 saturated heterocycles. The third kappa shape index (κ3) is 3.80. The highest BCUT2D eigenvalue weighted by Gasteiger charge is 2.40. The lowest BCUT2D eigenvalue weighted by molar-refractivity contribution is -0.138. The number of ether oxygens (including phenoxy) is 1. The smallest absolute Gasteiger partial charge is 0.287 e. The average Bonchev–Trinajstić information content (AvgIpc) is 3.34. The lowest BCUT2D eigenvalue weighted by atomic mass is 9.88. The van der Waals surface area contributed by atoms with E-state index in [1.54, 1.807) is 0 Å². The predicted molar refractivity (Wildman–Crippen MR) is 108 cm³/mol. The van der Waals surface area contributed by atoms with Gasteiger partial charge in [-0.15, -0.1) is 0 Å². The SMILES string of the molecule is O=C(CCCc1ccc2c(c1)[C@H]1C[C@@H](N2)[C@H](O)CO1)C(=O)N[C@@H]1C[C@H]2CC[C@@H]1C2. The number of fused-ring (bicyclic) bond motifs is 6. The van der Waals surface area contributed by atoms with E-state index >= 15 is 0 Å². The molecule has 1 amide bonds. The number of carbonyl (C=O) groups excluding carboxylic acids is 2. The summed E-state index contributed by atoms with van der Waals surface area (Å²) in [6.45, 7) is 0.359. The molecule has 2 heterocycles. The van der Waals surface area contributed by atoms with Crippen molar-refractivity contribution in [1.82, 2.24) is 5.32 Å². The quantitative estimate of drug-likeness (QED) is 0.641. The highest BCUT2D eigenvalue weighted by atomic mass is 16.5. The topological polar surface area (TPSA) is 87.7 Å². The summed E-state index contributed by atoms with van der Waals surface area (Å²) in [5.41, 5.74) is 3.31. The lowest BCUT2D eigenvalue weighted by Crippen LogP contribution is -2.45.